The van der Waals surface area contributed by atoms with E-state index < -0.39 is 10.0 Å². The number of nitrogens with one attached hydrogen (secondary N) is 1. The summed E-state index contributed by atoms with van der Waals surface area (Å²) in [4.78, 5) is 0.162. The van der Waals surface area contributed by atoms with E-state index in [4.69, 9.17) is 17.3 Å². The molecule has 2 aromatic rings. The van der Waals surface area contributed by atoms with Crippen LogP contribution in [0.2, 0.25) is 5.02 Å². The Balaban J connectivity index is 2.38. The fraction of sp³-hybridized carbons (Fsp3) is 0.200. The molecule has 0 amide bonds. The molecule has 0 aliphatic rings. The Bertz CT molecular complexity index is 758. The van der Waals surface area contributed by atoms with Crippen molar-refractivity contribution in [3.8, 4) is 0 Å². The summed E-state index contributed by atoms with van der Waals surface area (Å²) in [6.07, 6.45) is 0. The minimum absolute atomic E-state index is 0.162. The van der Waals surface area contributed by atoms with Crippen LogP contribution in [-0.4, -0.2) is 8.42 Å². The molecular weight excluding hydrogens is 308 g/mol. The molecule has 0 spiro atoms. The molecule has 3 N–H and O–H groups in total. The maximum Gasteiger partial charge on any atom is 0.261 e. The lowest BCUT2D eigenvalue weighted by Crippen LogP contribution is -2.14. The second kappa shape index (κ2) is 6.05. The lowest BCUT2D eigenvalue weighted by molar-refractivity contribution is 0.601. The zero-order valence-electron chi connectivity index (χ0n) is 11.8. The Morgan fingerprint density at radius 3 is 2.57 bits per heavy atom. The lowest BCUT2D eigenvalue weighted by Gasteiger charge is -2.12. The van der Waals surface area contributed by atoms with Crippen LogP contribution in [0.25, 0.3) is 0 Å². The number of aryl methyl sites for hydroxylation is 1. The van der Waals surface area contributed by atoms with Gasteiger partial charge in [-0.05, 0) is 49.2 Å². The molecule has 21 heavy (non-hydrogen) atoms. The summed E-state index contributed by atoms with van der Waals surface area (Å²) in [5.74, 6) is 0. The van der Waals surface area contributed by atoms with Crippen LogP contribution in [0.1, 0.15) is 24.1 Å². The highest BCUT2D eigenvalue weighted by Gasteiger charge is 2.16. The van der Waals surface area contributed by atoms with Crippen molar-refractivity contribution in [1.82, 2.24) is 0 Å². The van der Waals surface area contributed by atoms with Crippen molar-refractivity contribution < 1.29 is 8.42 Å². The van der Waals surface area contributed by atoms with Gasteiger partial charge in [-0.2, -0.15) is 0 Å². The molecule has 1 atom stereocenters. The maximum atomic E-state index is 12.4. The maximum absolute atomic E-state index is 12.4. The zero-order valence-corrected chi connectivity index (χ0v) is 13.4. The van der Waals surface area contributed by atoms with E-state index in [2.05, 4.69) is 4.72 Å². The minimum atomic E-state index is -3.70. The fourth-order valence-electron chi connectivity index (χ4n) is 1.89. The van der Waals surface area contributed by atoms with Crippen molar-refractivity contribution in [3.63, 3.8) is 0 Å². The van der Waals surface area contributed by atoms with Gasteiger partial charge in [0, 0.05) is 6.04 Å². The van der Waals surface area contributed by atoms with E-state index in [0.29, 0.717) is 10.7 Å². The van der Waals surface area contributed by atoms with E-state index in [-0.39, 0.29) is 10.9 Å². The molecular formula is C15H17ClN2O2S. The molecule has 6 heteroatoms. The SMILES string of the molecule is Cc1ccc(Cl)c(NS(=O)(=O)c2cccc(C(C)N)c2)c1. The first-order valence-electron chi connectivity index (χ1n) is 6.44. The smallest absolute Gasteiger partial charge is 0.261 e. The molecule has 0 aromatic heterocycles. The number of rotatable bonds is 4. The van der Waals surface area contributed by atoms with Gasteiger partial charge in [0.05, 0.1) is 15.6 Å². The van der Waals surface area contributed by atoms with Crippen LogP contribution in [0.15, 0.2) is 47.4 Å². The van der Waals surface area contributed by atoms with Crippen LogP contribution < -0.4 is 10.5 Å². The third-order valence-corrected chi connectivity index (χ3v) is 4.75. The second-order valence-corrected chi connectivity index (χ2v) is 7.04. The predicted octanol–water partition coefficient (Wildman–Crippen LogP) is 3.47. The van der Waals surface area contributed by atoms with Crippen LogP contribution in [0.4, 0.5) is 5.69 Å². The van der Waals surface area contributed by atoms with E-state index in [1.54, 1.807) is 37.3 Å². The number of anilines is 1. The second-order valence-electron chi connectivity index (χ2n) is 4.95. The molecule has 2 rings (SSSR count). The van der Waals surface area contributed by atoms with Crippen LogP contribution in [0.5, 0.6) is 0 Å². The van der Waals surface area contributed by atoms with Crippen LogP contribution in [-0.2, 0) is 10.0 Å². The van der Waals surface area contributed by atoms with Gasteiger partial charge in [-0.15, -0.1) is 0 Å². The van der Waals surface area contributed by atoms with Gasteiger partial charge < -0.3 is 5.73 Å². The monoisotopic (exact) mass is 324 g/mol. The average Bonchev–Trinajstić information content (AvgIpc) is 2.43. The quantitative estimate of drug-likeness (QED) is 0.904. The summed E-state index contributed by atoms with van der Waals surface area (Å²) in [5, 5.41) is 0.354. The topological polar surface area (TPSA) is 72.2 Å². The molecule has 0 saturated heterocycles. The first kappa shape index (κ1) is 15.8. The molecule has 0 bridgehead atoms. The summed E-state index contributed by atoms with van der Waals surface area (Å²) in [6, 6.07) is 11.5. The lowest BCUT2D eigenvalue weighted by atomic mass is 10.1. The Labute approximate surface area is 130 Å². The number of benzene rings is 2. The molecule has 1 unspecified atom stereocenters. The van der Waals surface area contributed by atoms with Gasteiger partial charge in [-0.1, -0.05) is 29.8 Å². The fourth-order valence-corrected chi connectivity index (χ4v) is 3.23. The van der Waals surface area contributed by atoms with E-state index in [0.717, 1.165) is 11.1 Å². The Kier molecular flexibility index (Phi) is 4.56. The van der Waals surface area contributed by atoms with Crippen LogP contribution in [0, 0.1) is 6.92 Å². The van der Waals surface area contributed by atoms with Gasteiger partial charge in [0.15, 0.2) is 0 Å². The Hall–Kier alpha value is -1.56. The van der Waals surface area contributed by atoms with Crippen molar-refractivity contribution in [1.29, 1.82) is 0 Å². The van der Waals surface area contributed by atoms with Gasteiger partial charge in [0.25, 0.3) is 10.0 Å². The molecule has 0 fully saturated rings. The summed E-state index contributed by atoms with van der Waals surface area (Å²) < 4.78 is 27.4. The van der Waals surface area contributed by atoms with E-state index in [1.807, 2.05) is 13.0 Å². The van der Waals surface area contributed by atoms with Gasteiger partial charge in [0.2, 0.25) is 0 Å². The third kappa shape index (κ3) is 3.75. The number of hydrogen-bond donors (Lipinski definition) is 2. The number of halogens is 1. The molecule has 0 saturated carbocycles. The van der Waals surface area contributed by atoms with E-state index in [1.165, 1.54) is 6.07 Å². The highest BCUT2D eigenvalue weighted by Crippen LogP contribution is 2.26. The van der Waals surface area contributed by atoms with Crippen molar-refractivity contribution in [2.75, 3.05) is 4.72 Å². The molecule has 2 aromatic carbocycles. The molecule has 0 aliphatic carbocycles. The molecule has 0 heterocycles. The Morgan fingerprint density at radius 1 is 1.19 bits per heavy atom. The first-order chi connectivity index (χ1) is 9.79. The van der Waals surface area contributed by atoms with Crippen molar-refractivity contribution >= 4 is 27.3 Å². The normalized spacial score (nSPS) is 13.0. The van der Waals surface area contributed by atoms with E-state index in [9.17, 15) is 8.42 Å². The molecule has 0 radical (unpaired) electrons. The zero-order chi connectivity index (χ0) is 15.6. The number of hydrogen-bond acceptors (Lipinski definition) is 3. The average molecular weight is 325 g/mol. The van der Waals surface area contributed by atoms with Crippen molar-refractivity contribution in [3.05, 3.63) is 58.6 Å². The van der Waals surface area contributed by atoms with Gasteiger partial charge in [-0.3, -0.25) is 4.72 Å². The largest absolute Gasteiger partial charge is 0.324 e. The standard InChI is InChI=1S/C15H17ClN2O2S/c1-10-6-7-14(16)15(8-10)18-21(19,20)13-5-3-4-12(9-13)11(2)17/h3-9,11,18H,17H2,1-2H3. The molecule has 4 nitrogen and oxygen atoms in total. The van der Waals surface area contributed by atoms with Gasteiger partial charge in [0.1, 0.15) is 0 Å². The highest BCUT2D eigenvalue weighted by molar-refractivity contribution is 7.92. The first-order valence-corrected chi connectivity index (χ1v) is 8.30. The Morgan fingerprint density at radius 2 is 1.90 bits per heavy atom. The molecule has 112 valence electrons. The molecule has 0 aliphatic heterocycles. The predicted molar refractivity (Wildman–Crippen MR) is 86.0 cm³/mol. The third-order valence-electron chi connectivity index (χ3n) is 3.06. The van der Waals surface area contributed by atoms with E-state index >= 15 is 0 Å². The van der Waals surface area contributed by atoms with Crippen molar-refractivity contribution in [2.45, 2.75) is 24.8 Å². The summed E-state index contributed by atoms with van der Waals surface area (Å²) in [5.41, 5.74) is 7.83. The minimum Gasteiger partial charge on any atom is -0.324 e. The summed E-state index contributed by atoms with van der Waals surface area (Å²) in [7, 11) is -3.70. The highest BCUT2D eigenvalue weighted by atomic mass is 35.5. The van der Waals surface area contributed by atoms with Crippen LogP contribution in [0.3, 0.4) is 0 Å². The van der Waals surface area contributed by atoms with Gasteiger partial charge >= 0.3 is 0 Å². The summed E-state index contributed by atoms with van der Waals surface area (Å²) in [6.45, 7) is 3.67. The summed E-state index contributed by atoms with van der Waals surface area (Å²) >= 11 is 6.02. The number of nitrogens with two attached hydrogens (primary N) is 1. The number of sulfonamides is 1. The van der Waals surface area contributed by atoms with Crippen molar-refractivity contribution in [2.24, 2.45) is 5.73 Å². The van der Waals surface area contributed by atoms with Gasteiger partial charge in [-0.25, -0.2) is 8.42 Å². The van der Waals surface area contributed by atoms with Crippen LogP contribution >= 0.6 is 11.6 Å².